The van der Waals surface area contributed by atoms with E-state index in [-0.39, 0.29) is 28.9 Å². The maximum Gasteiger partial charge on any atom is 0.115 e. The Hall–Kier alpha value is -4.70. The summed E-state index contributed by atoms with van der Waals surface area (Å²) < 4.78 is 0. The first-order valence-corrected chi connectivity index (χ1v) is 12.2. The summed E-state index contributed by atoms with van der Waals surface area (Å²) in [6, 6.07) is 39.2. The van der Waals surface area contributed by atoms with E-state index in [1.54, 1.807) is 48.5 Å². The van der Waals surface area contributed by atoms with Crippen molar-refractivity contribution in [2.24, 2.45) is 0 Å². The molecule has 4 N–H and O–H groups in total. The Labute approximate surface area is 216 Å². The number of phenols is 4. The molecule has 5 aromatic carbocycles. The Morgan fingerprint density at radius 3 is 1.11 bits per heavy atom. The van der Waals surface area contributed by atoms with E-state index in [0.29, 0.717) is 6.42 Å². The molecule has 0 unspecified atom stereocenters. The third-order valence-electron chi connectivity index (χ3n) is 7.09. The molecule has 0 fully saturated rings. The lowest BCUT2D eigenvalue weighted by Gasteiger charge is -2.39. The molecule has 4 heteroatoms. The third kappa shape index (κ3) is 4.87. The van der Waals surface area contributed by atoms with Gasteiger partial charge in [-0.1, -0.05) is 78.9 Å². The molecule has 184 valence electrons. The van der Waals surface area contributed by atoms with E-state index in [0.717, 1.165) is 27.8 Å². The minimum atomic E-state index is -0.664. The fourth-order valence-electron chi connectivity index (χ4n) is 5.22. The number of hydrogen-bond acceptors (Lipinski definition) is 4. The van der Waals surface area contributed by atoms with Crippen LogP contribution >= 0.6 is 0 Å². The van der Waals surface area contributed by atoms with Gasteiger partial charge in [0.05, 0.1) is 0 Å². The third-order valence-corrected chi connectivity index (χ3v) is 7.09. The van der Waals surface area contributed by atoms with Crippen LogP contribution in [0.25, 0.3) is 0 Å². The Bertz CT molecular complexity index is 1350. The van der Waals surface area contributed by atoms with Crippen LogP contribution in [0, 0.1) is 0 Å². The largest absolute Gasteiger partial charge is 0.508 e. The Morgan fingerprint density at radius 2 is 0.730 bits per heavy atom. The molecule has 5 aromatic rings. The van der Waals surface area contributed by atoms with E-state index in [1.807, 2.05) is 66.7 Å². The number of hydrogen-bond donors (Lipinski definition) is 4. The van der Waals surface area contributed by atoms with Gasteiger partial charge in [-0.3, -0.25) is 0 Å². The first kappa shape index (κ1) is 24.0. The van der Waals surface area contributed by atoms with Gasteiger partial charge in [0, 0.05) is 11.3 Å². The van der Waals surface area contributed by atoms with Gasteiger partial charge in [-0.25, -0.2) is 0 Å². The Morgan fingerprint density at radius 1 is 0.405 bits per heavy atom. The van der Waals surface area contributed by atoms with Gasteiger partial charge in [-0.2, -0.15) is 0 Å². The summed E-state index contributed by atoms with van der Waals surface area (Å²) in [6.07, 6.45) is 0.599. The number of rotatable bonds is 7. The van der Waals surface area contributed by atoms with Gasteiger partial charge in [0.1, 0.15) is 23.0 Å². The second-order valence-corrected chi connectivity index (χ2v) is 9.30. The highest BCUT2D eigenvalue weighted by atomic mass is 16.3. The van der Waals surface area contributed by atoms with Gasteiger partial charge in [-0.15, -0.1) is 0 Å². The Balaban J connectivity index is 1.79. The summed E-state index contributed by atoms with van der Waals surface area (Å²) in [5.41, 5.74) is 4.41. The lowest BCUT2D eigenvalue weighted by Crippen LogP contribution is -2.32. The summed E-state index contributed by atoms with van der Waals surface area (Å²) in [5, 5.41) is 40.2. The van der Waals surface area contributed by atoms with Crippen LogP contribution in [0.1, 0.15) is 40.2 Å². The second kappa shape index (κ2) is 10.1. The van der Waals surface area contributed by atoms with E-state index in [2.05, 4.69) is 12.1 Å². The molecular formula is C33H28O4. The molecule has 0 aliphatic carbocycles. The van der Waals surface area contributed by atoms with Crippen LogP contribution in [0.15, 0.2) is 127 Å². The van der Waals surface area contributed by atoms with Crippen LogP contribution < -0.4 is 0 Å². The van der Waals surface area contributed by atoms with Crippen molar-refractivity contribution in [1.82, 2.24) is 0 Å². The van der Waals surface area contributed by atoms with Crippen molar-refractivity contribution >= 4 is 0 Å². The second-order valence-electron chi connectivity index (χ2n) is 9.30. The van der Waals surface area contributed by atoms with Crippen molar-refractivity contribution in [3.63, 3.8) is 0 Å². The molecule has 37 heavy (non-hydrogen) atoms. The summed E-state index contributed by atoms with van der Waals surface area (Å²) in [4.78, 5) is 0. The van der Waals surface area contributed by atoms with E-state index in [4.69, 9.17) is 0 Å². The highest BCUT2D eigenvalue weighted by Gasteiger charge is 2.39. The van der Waals surface area contributed by atoms with E-state index >= 15 is 0 Å². The summed E-state index contributed by atoms with van der Waals surface area (Å²) in [5.74, 6) is 0.637. The zero-order valence-corrected chi connectivity index (χ0v) is 20.2. The maximum atomic E-state index is 10.1. The van der Waals surface area contributed by atoms with Gasteiger partial charge in [-0.05, 0) is 82.8 Å². The number of benzene rings is 5. The summed E-state index contributed by atoms with van der Waals surface area (Å²) in [7, 11) is 0. The standard InChI is InChI=1S/C33H28O4/c34-28-14-6-23(7-15-28)32(24-8-16-29(35)17-9-24)22-33(25-4-2-1-3-5-25,26-10-18-30(36)19-11-26)27-12-20-31(37)21-13-27/h1-21,32,34-37H,22H2. The number of phenolic OH excluding ortho intramolecular Hbond substituents is 4. The minimum absolute atomic E-state index is 0.121. The molecule has 0 amide bonds. The maximum absolute atomic E-state index is 10.1. The van der Waals surface area contributed by atoms with Gasteiger partial charge in [0.2, 0.25) is 0 Å². The molecule has 0 bridgehead atoms. The monoisotopic (exact) mass is 488 g/mol. The van der Waals surface area contributed by atoms with Crippen molar-refractivity contribution < 1.29 is 20.4 Å². The topological polar surface area (TPSA) is 80.9 Å². The van der Waals surface area contributed by atoms with E-state index < -0.39 is 5.41 Å². The molecule has 0 saturated heterocycles. The predicted molar refractivity (Wildman–Crippen MR) is 145 cm³/mol. The summed E-state index contributed by atoms with van der Waals surface area (Å²) in [6.45, 7) is 0. The van der Waals surface area contributed by atoms with Crippen LogP contribution in [0.2, 0.25) is 0 Å². The average Bonchev–Trinajstić information content (AvgIpc) is 2.93. The van der Waals surface area contributed by atoms with Gasteiger partial charge < -0.3 is 20.4 Å². The molecule has 0 atom stereocenters. The van der Waals surface area contributed by atoms with Crippen LogP contribution in [-0.4, -0.2) is 20.4 Å². The van der Waals surface area contributed by atoms with Crippen LogP contribution in [-0.2, 0) is 5.41 Å². The molecular weight excluding hydrogens is 460 g/mol. The summed E-state index contributed by atoms with van der Waals surface area (Å²) >= 11 is 0. The number of aromatic hydroxyl groups is 4. The van der Waals surface area contributed by atoms with Crippen LogP contribution in [0.5, 0.6) is 23.0 Å². The highest BCUT2D eigenvalue weighted by Crippen LogP contribution is 2.48. The molecule has 0 aromatic heterocycles. The van der Waals surface area contributed by atoms with E-state index in [1.165, 1.54) is 0 Å². The lowest BCUT2D eigenvalue weighted by molar-refractivity contribution is 0.470. The van der Waals surface area contributed by atoms with Crippen LogP contribution in [0.4, 0.5) is 0 Å². The zero-order chi connectivity index (χ0) is 25.8. The molecule has 5 rings (SSSR count). The molecule has 4 nitrogen and oxygen atoms in total. The van der Waals surface area contributed by atoms with Crippen molar-refractivity contribution in [2.45, 2.75) is 17.8 Å². The van der Waals surface area contributed by atoms with Gasteiger partial charge in [0.25, 0.3) is 0 Å². The first-order chi connectivity index (χ1) is 18.0. The lowest BCUT2D eigenvalue weighted by atomic mass is 9.63. The van der Waals surface area contributed by atoms with Gasteiger partial charge in [0.15, 0.2) is 0 Å². The zero-order valence-electron chi connectivity index (χ0n) is 20.2. The van der Waals surface area contributed by atoms with Crippen molar-refractivity contribution in [3.8, 4) is 23.0 Å². The molecule has 0 radical (unpaired) electrons. The average molecular weight is 489 g/mol. The van der Waals surface area contributed by atoms with Crippen LogP contribution in [0.3, 0.4) is 0 Å². The molecule has 0 saturated carbocycles. The van der Waals surface area contributed by atoms with Crippen molar-refractivity contribution in [3.05, 3.63) is 155 Å². The molecule has 0 heterocycles. The van der Waals surface area contributed by atoms with E-state index in [9.17, 15) is 20.4 Å². The first-order valence-electron chi connectivity index (χ1n) is 12.2. The Kier molecular flexibility index (Phi) is 6.57. The van der Waals surface area contributed by atoms with Crippen molar-refractivity contribution in [2.75, 3.05) is 0 Å². The molecule has 0 aliphatic rings. The normalized spacial score (nSPS) is 11.5. The molecule has 0 spiro atoms. The smallest absolute Gasteiger partial charge is 0.115 e. The quantitative estimate of drug-likeness (QED) is 0.185. The van der Waals surface area contributed by atoms with Crippen molar-refractivity contribution in [1.29, 1.82) is 0 Å². The van der Waals surface area contributed by atoms with Gasteiger partial charge >= 0.3 is 0 Å². The fourth-order valence-corrected chi connectivity index (χ4v) is 5.22. The molecule has 0 aliphatic heterocycles. The minimum Gasteiger partial charge on any atom is -0.508 e. The SMILES string of the molecule is Oc1ccc(C(CC(c2ccccc2)(c2ccc(O)cc2)c2ccc(O)cc2)c2ccc(O)cc2)cc1. The predicted octanol–water partition coefficient (Wildman–Crippen LogP) is 7.07. The fraction of sp³-hybridized carbons (Fsp3) is 0.0909. The highest BCUT2D eigenvalue weighted by molar-refractivity contribution is 5.54.